The number of nitrogens with one attached hydrogen (secondary N) is 1. The van der Waals surface area contributed by atoms with Crippen LogP contribution < -0.4 is 5.32 Å². The van der Waals surface area contributed by atoms with Crippen LogP contribution in [-0.2, 0) is 6.54 Å². The Morgan fingerprint density at radius 3 is 2.65 bits per heavy atom. The van der Waals surface area contributed by atoms with Crippen molar-refractivity contribution >= 4 is 17.2 Å². The van der Waals surface area contributed by atoms with Gasteiger partial charge in [-0.15, -0.1) is 11.3 Å². The van der Waals surface area contributed by atoms with Crippen molar-refractivity contribution in [2.75, 3.05) is 0 Å². The van der Waals surface area contributed by atoms with E-state index in [1.165, 1.54) is 23.5 Å². The lowest BCUT2D eigenvalue weighted by atomic mass is 10.2. The molecule has 2 heterocycles. The van der Waals surface area contributed by atoms with Crippen molar-refractivity contribution in [1.29, 1.82) is 0 Å². The molecule has 0 aliphatic heterocycles. The van der Waals surface area contributed by atoms with Gasteiger partial charge in [0.15, 0.2) is 0 Å². The first-order valence-electron chi connectivity index (χ1n) is 6.95. The van der Waals surface area contributed by atoms with Gasteiger partial charge in [0.1, 0.15) is 22.3 Å². The highest BCUT2D eigenvalue weighted by Gasteiger charge is 2.13. The van der Waals surface area contributed by atoms with Gasteiger partial charge in [-0.25, -0.2) is 14.4 Å². The minimum atomic E-state index is -0.306. The third kappa shape index (κ3) is 3.45. The van der Waals surface area contributed by atoms with Crippen LogP contribution in [0, 0.1) is 19.7 Å². The predicted octanol–water partition coefficient (Wildman–Crippen LogP) is 3.48. The maximum atomic E-state index is 12.9. The Morgan fingerprint density at radius 2 is 2.00 bits per heavy atom. The lowest BCUT2D eigenvalue weighted by Gasteiger charge is -1.99. The van der Waals surface area contributed by atoms with Crippen LogP contribution in [0.1, 0.15) is 27.8 Å². The number of aryl methyl sites for hydroxylation is 2. The van der Waals surface area contributed by atoms with E-state index in [0.717, 1.165) is 17.0 Å². The molecule has 1 amide bonds. The van der Waals surface area contributed by atoms with Gasteiger partial charge >= 0.3 is 0 Å². The van der Waals surface area contributed by atoms with Crippen LogP contribution in [0.25, 0.3) is 10.6 Å². The summed E-state index contributed by atoms with van der Waals surface area (Å²) in [5, 5.41) is 5.05. The monoisotopic (exact) mass is 331 g/mol. The standard InChI is InChI=1S/C16H14FN3O2S/c1-9-10(2)22-14(19-9)7-18-15(21)13-8-23-16(20-13)11-3-5-12(17)6-4-11/h3-6,8H,7H2,1-2H3,(H,18,21). The zero-order chi connectivity index (χ0) is 16.4. The maximum absolute atomic E-state index is 12.9. The van der Waals surface area contributed by atoms with Crippen molar-refractivity contribution < 1.29 is 13.6 Å². The first-order valence-corrected chi connectivity index (χ1v) is 7.83. The van der Waals surface area contributed by atoms with Gasteiger partial charge in [0.2, 0.25) is 5.89 Å². The number of hydrogen-bond acceptors (Lipinski definition) is 5. The fourth-order valence-electron chi connectivity index (χ4n) is 1.96. The summed E-state index contributed by atoms with van der Waals surface area (Å²) in [6.45, 7) is 3.87. The summed E-state index contributed by atoms with van der Waals surface area (Å²) in [6, 6.07) is 6.00. The Balaban J connectivity index is 1.67. The number of benzene rings is 1. The third-order valence-electron chi connectivity index (χ3n) is 3.30. The lowest BCUT2D eigenvalue weighted by molar-refractivity contribution is 0.0943. The number of carbonyl (C=O) groups excluding carboxylic acids is 1. The van der Waals surface area contributed by atoms with Crippen LogP contribution in [0.3, 0.4) is 0 Å². The lowest BCUT2D eigenvalue weighted by Crippen LogP contribution is -2.23. The number of carbonyl (C=O) groups is 1. The predicted molar refractivity (Wildman–Crippen MR) is 84.7 cm³/mol. The Labute approximate surface area is 136 Å². The summed E-state index contributed by atoms with van der Waals surface area (Å²) < 4.78 is 18.3. The average Bonchev–Trinajstić information content (AvgIpc) is 3.13. The van der Waals surface area contributed by atoms with Crippen molar-refractivity contribution in [2.24, 2.45) is 0 Å². The number of rotatable bonds is 4. The van der Waals surface area contributed by atoms with E-state index >= 15 is 0 Å². The van der Waals surface area contributed by atoms with Gasteiger partial charge < -0.3 is 9.73 Å². The zero-order valence-corrected chi connectivity index (χ0v) is 13.4. The second-order valence-corrected chi connectivity index (χ2v) is 5.83. The largest absolute Gasteiger partial charge is 0.444 e. The Kier molecular flexibility index (Phi) is 4.20. The molecule has 0 atom stereocenters. The molecule has 0 aliphatic rings. The first-order chi connectivity index (χ1) is 11.0. The van der Waals surface area contributed by atoms with Crippen LogP contribution in [0.2, 0.25) is 0 Å². The second kappa shape index (κ2) is 6.29. The van der Waals surface area contributed by atoms with Crippen molar-refractivity contribution in [3.8, 4) is 10.6 Å². The molecule has 0 fully saturated rings. The van der Waals surface area contributed by atoms with E-state index < -0.39 is 0 Å². The van der Waals surface area contributed by atoms with Crippen LogP contribution in [0.4, 0.5) is 4.39 Å². The van der Waals surface area contributed by atoms with E-state index in [1.54, 1.807) is 17.5 Å². The Bertz CT molecular complexity index is 820. The molecule has 0 spiro atoms. The van der Waals surface area contributed by atoms with Crippen LogP contribution >= 0.6 is 11.3 Å². The van der Waals surface area contributed by atoms with Crippen molar-refractivity contribution in [2.45, 2.75) is 20.4 Å². The van der Waals surface area contributed by atoms with E-state index in [2.05, 4.69) is 15.3 Å². The van der Waals surface area contributed by atoms with Gasteiger partial charge in [-0.2, -0.15) is 0 Å². The van der Waals surface area contributed by atoms with E-state index in [1.807, 2.05) is 13.8 Å². The maximum Gasteiger partial charge on any atom is 0.271 e. The number of halogens is 1. The van der Waals surface area contributed by atoms with Crippen LogP contribution in [-0.4, -0.2) is 15.9 Å². The summed E-state index contributed by atoms with van der Waals surface area (Å²) >= 11 is 1.33. The molecule has 118 valence electrons. The van der Waals surface area contributed by atoms with Gasteiger partial charge in [0.25, 0.3) is 5.91 Å². The summed E-state index contributed by atoms with van der Waals surface area (Å²) in [7, 11) is 0. The van der Waals surface area contributed by atoms with Crippen LogP contribution in [0.5, 0.6) is 0 Å². The molecule has 5 nitrogen and oxygen atoms in total. The molecule has 23 heavy (non-hydrogen) atoms. The molecule has 3 rings (SSSR count). The molecule has 0 bridgehead atoms. The normalized spacial score (nSPS) is 10.7. The molecule has 0 radical (unpaired) electrons. The minimum absolute atomic E-state index is 0.205. The van der Waals surface area contributed by atoms with Crippen molar-refractivity contribution in [3.63, 3.8) is 0 Å². The highest BCUT2D eigenvalue weighted by molar-refractivity contribution is 7.13. The van der Waals surface area contributed by atoms with Gasteiger partial charge in [0.05, 0.1) is 12.2 Å². The molecular weight excluding hydrogens is 317 g/mol. The smallest absolute Gasteiger partial charge is 0.271 e. The van der Waals surface area contributed by atoms with Gasteiger partial charge in [-0.1, -0.05) is 0 Å². The molecule has 1 aromatic carbocycles. The van der Waals surface area contributed by atoms with Gasteiger partial charge in [-0.3, -0.25) is 4.79 Å². The number of aromatic nitrogens is 2. The number of hydrogen-bond donors (Lipinski definition) is 1. The fourth-order valence-corrected chi connectivity index (χ4v) is 2.77. The van der Waals surface area contributed by atoms with Gasteiger partial charge in [0, 0.05) is 10.9 Å². The zero-order valence-electron chi connectivity index (χ0n) is 12.6. The quantitative estimate of drug-likeness (QED) is 0.795. The number of amides is 1. The highest BCUT2D eigenvalue weighted by atomic mass is 32.1. The SMILES string of the molecule is Cc1nc(CNC(=O)c2csc(-c3ccc(F)cc3)n2)oc1C. The average molecular weight is 331 g/mol. The Morgan fingerprint density at radius 1 is 1.26 bits per heavy atom. The highest BCUT2D eigenvalue weighted by Crippen LogP contribution is 2.23. The molecule has 3 aromatic rings. The molecule has 0 saturated heterocycles. The summed E-state index contributed by atoms with van der Waals surface area (Å²) in [4.78, 5) is 20.6. The second-order valence-electron chi connectivity index (χ2n) is 4.98. The number of thiazole rings is 1. The van der Waals surface area contributed by atoms with E-state index in [-0.39, 0.29) is 18.3 Å². The molecule has 0 saturated carbocycles. The number of nitrogens with zero attached hydrogens (tertiary/aromatic N) is 2. The Hall–Kier alpha value is -2.54. The summed E-state index contributed by atoms with van der Waals surface area (Å²) in [5.41, 5.74) is 1.89. The topological polar surface area (TPSA) is 68.0 Å². The molecule has 0 unspecified atom stereocenters. The molecule has 2 aromatic heterocycles. The third-order valence-corrected chi connectivity index (χ3v) is 4.19. The van der Waals surface area contributed by atoms with E-state index in [4.69, 9.17) is 4.42 Å². The van der Waals surface area contributed by atoms with Crippen molar-refractivity contribution in [3.05, 3.63) is 58.5 Å². The fraction of sp³-hybridized carbons (Fsp3) is 0.188. The first kappa shape index (κ1) is 15.4. The van der Waals surface area contributed by atoms with Crippen molar-refractivity contribution in [1.82, 2.24) is 15.3 Å². The molecular formula is C16H14FN3O2S. The molecule has 1 N–H and O–H groups in total. The molecule has 7 heteroatoms. The summed E-state index contributed by atoms with van der Waals surface area (Å²) in [6.07, 6.45) is 0. The van der Waals surface area contributed by atoms with Gasteiger partial charge in [-0.05, 0) is 38.1 Å². The number of oxazole rings is 1. The van der Waals surface area contributed by atoms with E-state index in [0.29, 0.717) is 16.6 Å². The van der Waals surface area contributed by atoms with Crippen LogP contribution in [0.15, 0.2) is 34.1 Å². The summed E-state index contributed by atoms with van der Waals surface area (Å²) in [5.74, 6) is 0.590. The molecule has 0 aliphatic carbocycles. The van der Waals surface area contributed by atoms with E-state index in [9.17, 15) is 9.18 Å². The minimum Gasteiger partial charge on any atom is -0.444 e.